The first kappa shape index (κ1) is 26.1. The maximum absolute atomic E-state index is 13.4. The van der Waals surface area contributed by atoms with Crippen molar-refractivity contribution in [3.05, 3.63) is 101 Å². The monoisotopic (exact) mass is 498 g/mol. The molecule has 1 aliphatic heterocycles. The summed E-state index contributed by atoms with van der Waals surface area (Å²) >= 11 is 0. The highest BCUT2D eigenvalue weighted by Crippen LogP contribution is 2.41. The summed E-state index contributed by atoms with van der Waals surface area (Å²) in [7, 11) is 0. The van der Waals surface area contributed by atoms with Crippen LogP contribution in [0.5, 0.6) is 5.75 Å². The number of carbonyl (C=O) groups excluding carboxylic acids is 2. The van der Waals surface area contributed by atoms with Crippen LogP contribution in [-0.2, 0) is 21.5 Å². The number of Topliss-reactive ketones (excluding diaryl/α,β-unsaturated/α-hetero) is 1. The Kier molecular flexibility index (Phi) is 7.77. The number of aliphatic hydroxyl groups excluding tert-OH is 1. The van der Waals surface area contributed by atoms with E-state index in [1.54, 1.807) is 36.7 Å². The topological polar surface area (TPSA) is 79.7 Å². The van der Waals surface area contributed by atoms with E-state index in [1.807, 2.05) is 36.4 Å². The molecule has 1 fully saturated rings. The fraction of sp³-hybridized carbons (Fsp3) is 0.323. The molecule has 6 nitrogen and oxygen atoms in total. The van der Waals surface area contributed by atoms with Crippen molar-refractivity contribution in [1.29, 1.82) is 0 Å². The van der Waals surface area contributed by atoms with Gasteiger partial charge in [-0.05, 0) is 46.7 Å². The maximum atomic E-state index is 13.4. The Labute approximate surface area is 218 Å². The Morgan fingerprint density at radius 1 is 1.05 bits per heavy atom. The second-order valence-corrected chi connectivity index (χ2v) is 10.4. The third-order valence-electron chi connectivity index (χ3n) is 6.58. The predicted octanol–water partition coefficient (Wildman–Crippen LogP) is 6.18. The molecular weight excluding hydrogens is 464 g/mol. The average Bonchev–Trinajstić information content (AvgIpc) is 3.14. The SMILES string of the molecule is CCCCOc1cccc(C(O)=C2C(=O)C(=O)N(Cc3cccnc3)C2c2ccc(C(C)(C)C)cc2)c1. The lowest BCUT2D eigenvalue weighted by atomic mass is 9.85. The first-order valence-corrected chi connectivity index (χ1v) is 12.7. The number of carbonyl (C=O) groups is 2. The fourth-order valence-electron chi connectivity index (χ4n) is 4.47. The van der Waals surface area contributed by atoms with Crippen molar-refractivity contribution in [1.82, 2.24) is 9.88 Å². The zero-order valence-electron chi connectivity index (χ0n) is 21.9. The number of unbranched alkanes of at least 4 members (excludes halogenated alkanes) is 1. The highest BCUT2D eigenvalue weighted by atomic mass is 16.5. The third kappa shape index (κ3) is 5.74. The number of pyridine rings is 1. The molecule has 192 valence electrons. The normalized spacial score (nSPS) is 17.3. The van der Waals surface area contributed by atoms with Crippen molar-refractivity contribution in [2.45, 2.75) is 58.5 Å². The number of amides is 1. The van der Waals surface area contributed by atoms with Gasteiger partial charge in [-0.3, -0.25) is 14.6 Å². The zero-order valence-corrected chi connectivity index (χ0v) is 21.9. The first-order chi connectivity index (χ1) is 17.7. The van der Waals surface area contributed by atoms with Gasteiger partial charge in [0.1, 0.15) is 11.5 Å². The van der Waals surface area contributed by atoms with Crippen molar-refractivity contribution in [3.8, 4) is 5.75 Å². The summed E-state index contributed by atoms with van der Waals surface area (Å²) in [6.45, 7) is 9.24. The Morgan fingerprint density at radius 3 is 2.46 bits per heavy atom. The van der Waals surface area contributed by atoms with E-state index in [0.29, 0.717) is 17.9 Å². The molecule has 6 heteroatoms. The molecule has 0 aliphatic carbocycles. The summed E-state index contributed by atoms with van der Waals surface area (Å²) in [6.07, 6.45) is 5.26. The lowest BCUT2D eigenvalue weighted by molar-refractivity contribution is -0.140. The maximum Gasteiger partial charge on any atom is 0.295 e. The van der Waals surface area contributed by atoms with Gasteiger partial charge < -0.3 is 14.7 Å². The van der Waals surface area contributed by atoms with Gasteiger partial charge in [0.2, 0.25) is 0 Å². The minimum atomic E-state index is -0.737. The molecule has 4 rings (SSSR count). The molecule has 0 bridgehead atoms. The number of benzene rings is 2. The van der Waals surface area contributed by atoms with E-state index < -0.39 is 17.7 Å². The number of rotatable bonds is 8. The van der Waals surface area contributed by atoms with Crippen molar-refractivity contribution in [2.75, 3.05) is 6.61 Å². The number of aliphatic hydroxyl groups is 1. The van der Waals surface area contributed by atoms with Gasteiger partial charge in [-0.2, -0.15) is 0 Å². The van der Waals surface area contributed by atoms with E-state index in [1.165, 1.54) is 4.90 Å². The minimum absolute atomic E-state index is 0.0474. The van der Waals surface area contributed by atoms with Gasteiger partial charge in [0, 0.05) is 24.5 Å². The smallest absolute Gasteiger partial charge is 0.295 e. The molecule has 1 aliphatic rings. The lowest BCUT2D eigenvalue weighted by Gasteiger charge is -2.26. The predicted molar refractivity (Wildman–Crippen MR) is 144 cm³/mol. The lowest BCUT2D eigenvalue weighted by Crippen LogP contribution is -2.29. The highest BCUT2D eigenvalue weighted by Gasteiger charge is 2.46. The zero-order chi connectivity index (χ0) is 26.6. The van der Waals surface area contributed by atoms with E-state index in [9.17, 15) is 14.7 Å². The molecule has 1 amide bonds. The number of ketones is 1. The second kappa shape index (κ2) is 11.0. The Hall–Kier alpha value is -3.93. The summed E-state index contributed by atoms with van der Waals surface area (Å²) < 4.78 is 5.80. The summed E-state index contributed by atoms with van der Waals surface area (Å²) in [5.74, 6) is -0.958. The quantitative estimate of drug-likeness (QED) is 0.174. The van der Waals surface area contributed by atoms with Crippen molar-refractivity contribution < 1.29 is 19.4 Å². The molecule has 3 aromatic rings. The summed E-state index contributed by atoms with van der Waals surface area (Å²) in [4.78, 5) is 32.3. The van der Waals surface area contributed by atoms with Gasteiger partial charge >= 0.3 is 0 Å². The molecule has 2 aromatic carbocycles. The number of hydrogen-bond acceptors (Lipinski definition) is 5. The summed E-state index contributed by atoms with van der Waals surface area (Å²) in [6, 6.07) is 17.8. The van der Waals surface area contributed by atoms with Crippen LogP contribution in [0, 0.1) is 0 Å². The molecular formula is C31H34N2O4. The molecule has 0 saturated carbocycles. The van der Waals surface area contributed by atoms with Gasteiger partial charge in [-0.25, -0.2) is 0 Å². The van der Waals surface area contributed by atoms with Gasteiger partial charge in [-0.1, -0.05) is 76.6 Å². The minimum Gasteiger partial charge on any atom is -0.507 e. The van der Waals surface area contributed by atoms with E-state index in [-0.39, 0.29) is 23.3 Å². The van der Waals surface area contributed by atoms with Gasteiger partial charge in [-0.15, -0.1) is 0 Å². The number of aromatic nitrogens is 1. The van der Waals surface area contributed by atoms with Crippen molar-refractivity contribution in [2.24, 2.45) is 0 Å². The molecule has 2 heterocycles. The largest absolute Gasteiger partial charge is 0.507 e. The molecule has 1 unspecified atom stereocenters. The molecule has 0 spiro atoms. The van der Waals surface area contributed by atoms with E-state index in [4.69, 9.17) is 4.74 Å². The van der Waals surface area contributed by atoms with Crippen molar-refractivity contribution >= 4 is 17.4 Å². The van der Waals surface area contributed by atoms with Crippen LogP contribution in [0.4, 0.5) is 0 Å². The number of nitrogens with zero attached hydrogens (tertiary/aromatic N) is 2. The van der Waals surface area contributed by atoms with Gasteiger partial charge in [0.15, 0.2) is 0 Å². The van der Waals surface area contributed by atoms with Gasteiger partial charge in [0.25, 0.3) is 11.7 Å². The van der Waals surface area contributed by atoms with Crippen LogP contribution >= 0.6 is 0 Å². The average molecular weight is 499 g/mol. The van der Waals surface area contributed by atoms with Gasteiger partial charge in [0.05, 0.1) is 18.2 Å². The van der Waals surface area contributed by atoms with Crippen LogP contribution in [0.3, 0.4) is 0 Å². The Morgan fingerprint density at radius 2 is 1.81 bits per heavy atom. The third-order valence-corrected chi connectivity index (χ3v) is 6.58. The molecule has 1 atom stereocenters. The van der Waals surface area contributed by atoms with E-state index >= 15 is 0 Å². The molecule has 1 aromatic heterocycles. The number of likely N-dealkylation sites (tertiary alicyclic amines) is 1. The molecule has 0 radical (unpaired) electrons. The van der Waals surface area contributed by atoms with Crippen LogP contribution in [0.15, 0.2) is 78.6 Å². The summed E-state index contributed by atoms with van der Waals surface area (Å²) in [5.41, 5.74) is 3.15. The number of hydrogen-bond donors (Lipinski definition) is 1. The Bertz CT molecular complexity index is 1290. The first-order valence-electron chi connectivity index (χ1n) is 12.7. The molecule has 37 heavy (non-hydrogen) atoms. The standard InChI is InChI=1S/C31H34N2O4/c1-5-6-17-37-25-11-7-10-23(18-25)28(34)26-27(22-12-14-24(15-13-22)31(2,3)4)33(30(36)29(26)35)20-21-9-8-16-32-19-21/h7-16,18-19,27,34H,5-6,17,20H2,1-4H3. The van der Waals surface area contributed by atoms with Crippen LogP contribution in [0.25, 0.3) is 5.76 Å². The molecule has 1 N–H and O–H groups in total. The molecule has 1 saturated heterocycles. The van der Waals surface area contributed by atoms with E-state index in [0.717, 1.165) is 29.5 Å². The van der Waals surface area contributed by atoms with Crippen LogP contribution in [0.2, 0.25) is 0 Å². The van der Waals surface area contributed by atoms with Crippen molar-refractivity contribution in [3.63, 3.8) is 0 Å². The Balaban J connectivity index is 1.80. The van der Waals surface area contributed by atoms with Crippen LogP contribution in [0.1, 0.15) is 68.8 Å². The number of ether oxygens (including phenoxy) is 1. The second-order valence-electron chi connectivity index (χ2n) is 10.4. The highest BCUT2D eigenvalue weighted by molar-refractivity contribution is 6.46. The fourth-order valence-corrected chi connectivity index (χ4v) is 4.47. The van der Waals surface area contributed by atoms with E-state index in [2.05, 4.69) is 32.7 Å². The van der Waals surface area contributed by atoms with Crippen LogP contribution in [-0.4, -0.2) is 33.3 Å². The summed E-state index contributed by atoms with van der Waals surface area (Å²) in [5, 5.41) is 11.4. The van der Waals surface area contributed by atoms with Crippen LogP contribution < -0.4 is 4.74 Å².